The Morgan fingerprint density at radius 3 is 2.29 bits per heavy atom. The number of benzene rings is 3. The summed E-state index contributed by atoms with van der Waals surface area (Å²) in [4.78, 5) is 12.1. The van der Waals surface area contributed by atoms with Gasteiger partial charge < -0.3 is 5.32 Å². The van der Waals surface area contributed by atoms with Gasteiger partial charge in [0.1, 0.15) is 5.82 Å². The van der Waals surface area contributed by atoms with Gasteiger partial charge in [0.05, 0.1) is 4.90 Å². The van der Waals surface area contributed by atoms with E-state index in [2.05, 4.69) is 10.0 Å². The molecule has 0 atom stereocenters. The van der Waals surface area contributed by atoms with Gasteiger partial charge in [-0.25, -0.2) is 17.5 Å². The maximum absolute atomic E-state index is 13.5. The van der Waals surface area contributed by atoms with E-state index in [1.54, 1.807) is 24.3 Å². The van der Waals surface area contributed by atoms with E-state index in [1.807, 2.05) is 45.0 Å². The lowest BCUT2D eigenvalue weighted by molar-refractivity contribution is -0.128. The van der Waals surface area contributed by atoms with Gasteiger partial charge in [0, 0.05) is 24.1 Å². The van der Waals surface area contributed by atoms with E-state index < -0.39 is 15.4 Å². The van der Waals surface area contributed by atoms with E-state index in [1.165, 1.54) is 12.1 Å². The molecule has 0 saturated carbocycles. The quantitative estimate of drug-likeness (QED) is 0.530. The number of hydrogen-bond donors (Lipinski definition) is 2. The molecule has 0 bridgehead atoms. The molecule has 0 aromatic heterocycles. The number of rotatable bonds is 7. The average Bonchev–Trinajstić information content (AvgIpc) is 2.72. The Labute approximate surface area is 182 Å². The zero-order valence-corrected chi connectivity index (χ0v) is 18.7. The molecule has 1 amide bonds. The standard InChI is InChI=1S/C24H27FN2O3S/c1-24(2,3)23(28)26-15-6-16-27-31(29,30)21-14-11-17-7-4-5-8-20(17)22(21)18-9-12-19(25)13-10-18/h4-5,7-14,27H,6,15-16H2,1-3H3,(H,26,28). The van der Waals surface area contributed by atoms with Crippen molar-refractivity contribution in [2.75, 3.05) is 13.1 Å². The lowest BCUT2D eigenvalue weighted by Gasteiger charge is -2.18. The van der Waals surface area contributed by atoms with Crippen LogP contribution in [0.2, 0.25) is 0 Å². The summed E-state index contributed by atoms with van der Waals surface area (Å²) >= 11 is 0. The van der Waals surface area contributed by atoms with E-state index in [0.29, 0.717) is 24.1 Å². The van der Waals surface area contributed by atoms with Crippen molar-refractivity contribution < 1.29 is 17.6 Å². The number of carbonyl (C=O) groups excluding carboxylic acids is 1. The summed E-state index contributed by atoms with van der Waals surface area (Å²) in [5.41, 5.74) is 0.664. The summed E-state index contributed by atoms with van der Waals surface area (Å²) in [5.74, 6) is -0.465. The van der Waals surface area contributed by atoms with Crippen LogP contribution in [0.5, 0.6) is 0 Å². The Balaban J connectivity index is 1.85. The Morgan fingerprint density at radius 1 is 0.935 bits per heavy atom. The van der Waals surface area contributed by atoms with Crippen molar-refractivity contribution in [3.63, 3.8) is 0 Å². The summed E-state index contributed by atoms with van der Waals surface area (Å²) in [6.07, 6.45) is 0.459. The molecule has 3 aromatic rings. The first-order valence-electron chi connectivity index (χ1n) is 10.2. The Bertz CT molecular complexity index is 1180. The largest absolute Gasteiger partial charge is 0.356 e. The summed E-state index contributed by atoms with van der Waals surface area (Å²) in [7, 11) is -3.83. The molecule has 0 aliphatic rings. The molecule has 0 radical (unpaired) electrons. The third kappa shape index (κ3) is 5.48. The fraction of sp³-hybridized carbons (Fsp3) is 0.292. The molecular formula is C24H27FN2O3S. The Hall–Kier alpha value is -2.77. The molecule has 0 spiro atoms. The second-order valence-corrected chi connectivity index (χ2v) is 10.2. The van der Waals surface area contributed by atoms with Crippen molar-refractivity contribution in [2.24, 2.45) is 5.41 Å². The first-order valence-corrected chi connectivity index (χ1v) is 11.6. The van der Waals surface area contributed by atoms with Gasteiger partial charge in [0.25, 0.3) is 0 Å². The van der Waals surface area contributed by atoms with Crippen molar-refractivity contribution in [2.45, 2.75) is 32.1 Å². The third-order valence-electron chi connectivity index (χ3n) is 4.93. The van der Waals surface area contributed by atoms with Gasteiger partial charge >= 0.3 is 0 Å². The molecule has 0 heterocycles. The Morgan fingerprint density at radius 2 is 1.61 bits per heavy atom. The average molecular weight is 443 g/mol. The lowest BCUT2D eigenvalue weighted by atomic mass is 9.96. The van der Waals surface area contributed by atoms with Crippen LogP contribution >= 0.6 is 0 Å². The van der Waals surface area contributed by atoms with E-state index in [0.717, 1.165) is 10.8 Å². The molecule has 3 aromatic carbocycles. The van der Waals surface area contributed by atoms with Gasteiger partial charge in [-0.05, 0) is 41.0 Å². The molecule has 31 heavy (non-hydrogen) atoms. The van der Waals surface area contributed by atoms with E-state index in [4.69, 9.17) is 0 Å². The summed E-state index contributed by atoms with van der Waals surface area (Å²) in [6, 6.07) is 16.6. The van der Waals surface area contributed by atoms with Crippen molar-refractivity contribution in [1.29, 1.82) is 0 Å². The number of nitrogens with one attached hydrogen (secondary N) is 2. The van der Waals surface area contributed by atoms with Crippen LogP contribution in [-0.2, 0) is 14.8 Å². The topological polar surface area (TPSA) is 75.3 Å². The minimum atomic E-state index is -3.83. The highest BCUT2D eigenvalue weighted by molar-refractivity contribution is 7.89. The Kier molecular flexibility index (Phi) is 6.77. The fourth-order valence-corrected chi connectivity index (χ4v) is 4.54. The van der Waals surface area contributed by atoms with Crippen LogP contribution in [0.25, 0.3) is 21.9 Å². The SMILES string of the molecule is CC(C)(C)C(=O)NCCCNS(=O)(=O)c1ccc2ccccc2c1-c1ccc(F)cc1. The maximum atomic E-state index is 13.5. The van der Waals surface area contributed by atoms with Gasteiger partial charge in [-0.2, -0.15) is 0 Å². The predicted octanol–water partition coefficient (Wildman–Crippen LogP) is 4.48. The molecule has 0 fully saturated rings. The number of sulfonamides is 1. The van der Waals surface area contributed by atoms with Gasteiger partial charge in [0.15, 0.2) is 0 Å². The highest BCUT2D eigenvalue weighted by Crippen LogP contribution is 2.34. The molecule has 0 aliphatic heterocycles. The third-order valence-corrected chi connectivity index (χ3v) is 6.43. The second kappa shape index (κ2) is 9.16. The molecule has 3 rings (SSSR count). The van der Waals surface area contributed by atoms with Crippen LogP contribution in [0.3, 0.4) is 0 Å². The molecular weight excluding hydrogens is 415 g/mol. The summed E-state index contributed by atoms with van der Waals surface area (Å²) in [5, 5.41) is 4.47. The van der Waals surface area contributed by atoms with Gasteiger partial charge in [-0.3, -0.25) is 4.79 Å². The van der Waals surface area contributed by atoms with E-state index in [9.17, 15) is 17.6 Å². The van der Waals surface area contributed by atoms with Crippen molar-refractivity contribution >= 4 is 26.7 Å². The predicted molar refractivity (Wildman–Crippen MR) is 122 cm³/mol. The number of amides is 1. The monoisotopic (exact) mass is 442 g/mol. The molecule has 0 saturated heterocycles. The van der Waals surface area contributed by atoms with Gasteiger partial charge in [0.2, 0.25) is 15.9 Å². The number of carbonyl (C=O) groups is 1. The van der Waals surface area contributed by atoms with E-state index >= 15 is 0 Å². The van der Waals surface area contributed by atoms with Crippen LogP contribution in [0.15, 0.2) is 65.6 Å². The minimum absolute atomic E-state index is 0.0801. The molecule has 2 N–H and O–H groups in total. The highest BCUT2D eigenvalue weighted by Gasteiger charge is 2.22. The zero-order chi connectivity index (χ0) is 22.6. The maximum Gasteiger partial charge on any atom is 0.241 e. The first-order chi connectivity index (χ1) is 14.6. The molecule has 5 nitrogen and oxygen atoms in total. The first kappa shape index (κ1) is 22.9. The van der Waals surface area contributed by atoms with Crippen LogP contribution in [-0.4, -0.2) is 27.4 Å². The number of fused-ring (bicyclic) bond motifs is 1. The zero-order valence-electron chi connectivity index (χ0n) is 17.9. The molecule has 7 heteroatoms. The van der Waals surface area contributed by atoms with Crippen LogP contribution in [0.4, 0.5) is 4.39 Å². The molecule has 164 valence electrons. The fourth-order valence-electron chi connectivity index (χ4n) is 3.23. The second-order valence-electron chi connectivity index (χ2n) is 8.42. The van der Waals surface area contributed by atoms with Crippen molar-refractivity contribution in [3.8, 4) is 11.1 Å². The highest BCUT2D eigenvalue weighted by atomic mass is 32.2. The van der Waals surface area contributed by atoms with E-state index in [-0.39, 0.29) is 23.2 Å². The normalized spacial score (nSPS) is 12.1. The minimum Gasteiger partial charge on any atom is -0.356 e. The number of hydrogen-bond acceptors (Lipinski definition) is 3. The lowest BCUT2D eigenvalue weighted by Crippen LogP contribution is -2.36. The van der Waals surface area contributed by atoms with Crippen LogP contribution < -0.4 is 10.0 Å². The smallest absolute Gasteiger partial charge is 0.241 e. The van der Waals surface area contributed by atoms with Crippen molar-refractivity contribution in [1.82, 2.24) is 10.0 Å². The van der Waals surface area contributed by atoms with Crippen LogP contribution in [0.1, 0.15) is 27.2 Å². The van der Waals surface area contributed by atoms with Gasteiger partial charge in [-0.1, -0.05) is 63.2 Å². The molecule has 0 aliphatic carbocycles. The van der Waals surface area contributed by atoms with Crippen molar-refractivity contribution in [3.05, 3.63) is 66.5 Å². The van der Waals surface area contributed by atoms with Gasteiger partial charge in [-0.15, -0.1) is 0 Å². The number of halogens is 1. The summed E-state index contributed by atoms with van der Waals surface area (Å²) in [6.45, 7) is 6.02. The summed E-state index contributed by atoms with van der Waals surface area (Å²) < 4.78 is 42.3. The van der Waals surface area contributed by atoms with Crippen LogP contribution in [0, 0.1) is 11.2 Å². The molecule has 0 unspecified atom stereocenters.